The maximum Gasteiger partial charge on any atom is 0.262 e. The van der Waals surface area contributed by atoms with E-state index in [-0.39, 0.29) is 23.3 Å². The van der Waals surface area contributed by atoms with Crippen molar-refractivity contribution >= 4 is 58.7 Å². The van der Waals surface area contributed by atoms with Crippen LogP contribution in [-0.2, 0) is 14.4 Å². The molecule has 0 unspecified atom stereocenters. The highest BCUT2D eigenvalue weighted by molar-refractivity contribution is 6.35. The largest absolute Gasteiger partial charge is 0.483 e. The lowest BCUT2D eigenvalue weighted by Gasteiger charge is -2.22. The number of carbonyl (C=O) groups excluding carboxylic acids is 3. The zero-order valence-corrected chi connectivity index (χ0v) is 22.2. The molecule has 2 aromatic rings. The number of rotatable bonds is 12. The second-order valence-electron chi connectivity index (χ2n) is 8.20. The van der Waals surface area contributed by atoms with Crippen LogP contribution in [0, 0.1) is 5.92 Å². The van der Waals surface area contributed by atoms with Gasteiger partial charge in [0, 0.05) is 15.6 Å². The molecule has 0 bridgehead atoms. The molecular weight excluding hydrogens is 531 g/mol. The minimum atomic E-state index is -0.939. The Morgan fingerprint density at radius 2 is 1.64 bits per heavy atom. The highest BCUT2D eigenvalue weighted by atomic mass is 35.5. The molecule has 0 aromatic heterocycles. The van der Waals surface area contributed by atoms with Crippen molar-refractivity contribution in [3.63, 3.8) is 0 Å². The lowest BCUT2D eigenvalue weighted by Crippen LogP contribution is -2.49. The minimum Gasteiger partial charge on any atom is -0.483 e. The number of hydrogen-bond donors (Lipinski definition) is 3. The van der Waals surface area contributed by atoms with Crippen LogP contribution < -0.4 is 25.9 Å². The first-order chi connectivity index (χ1) is 17.0. The molecule has 2 atom stereocenters. The summed E-state index contributed by atoms with van der Waals surface area (Å²) in [5, 5.41) is 7.72. The summed E-state index contributed by atoms with van der Waals surface area (Å²) in [6, 6.07) is 8.42. The van der Waals surface area contributed by atoms with Crippen molar-refractivity contribution in [2.24, 2.45) is 16.8 Å². The van der Waals surface area contributed by atoms with Crippen LogP contribution in [0.5, 0.6) is 11.5 Å². The van der Waals surface area contributed by atoms with Crippen molar-refractivity contribution in [3.05, 3.63) is 57.0 Å². The van der Waals surface area contributed by atoms with Crippen LogP contribution >= 0.6 is 34.8 Å². The maximum atomic E-state index is 12.8. The molecule has 0 saturated carbocycles. The van der Waals surface area contributed by atoms with Gasteiger partial charge in [-0.05, 0) is 55.7 Å². The summed E-state index contributed by atoms with van der Waals surface area (Å²) in [4.78, 5) is 36.6. The number of ether oxygens (including phenoxy) is 2. The smallest absolute Gasteiger partial charge is 0.262 e. The zero-order chi connectivity index (χ0) is 26.8. The van der Waals surface area contributed by atoms with Gasteiger partial charge in [-0.2, -0.15) is 5.10 Å². The molecule has 2 aromatic carbocycles. The van der Waals surface area contributed by atoms with Crippen LogP contribution in [0.25, 0.3) is 0 Å². The van der Waals surface area contributed by atoms with E-state index in [1.54, 1.807) is 30.3 Å². The Hall–Kier alpha value is -3.01. The van der Waals surface area contributed by atoms with Gasteiger partial charge in [-0.15, -0.1) is 0 Å². The number of hydrazone groups is 1. The fourth-order valence-electron chi connectivity index (χ4n) is 2.95. The lowest BCUT2D eigenvalue weighted by molar-refractivity contribution is -0.132. The Kier molecular flexibility index (Phi) is 11.3. The highest BCUT2D eigenvalue weighted by Crippen LogP contribution is 2.28. The first kappa shape index (κ1) is 29.2. The molecule has 0 heterocycles. The molecule has 194 valence electrons. The Balaban J connectivity index is 2.06. The molecule has 2 rings (SSSR count). The molecule has 0 aliphatic rings. The molecule has 4 N–H and O–H groups in total. The Morgan fingerprint density at radius 1 is 1.00 bits per heavy atom. The molecule has 0 radical (unpaired) electrons. The second kappa shape index (κ2) is 13.9. The highest BCUT2D eigenvalue weighted by Gasteiger charge is 2.25. The van der Waals surface area contributed by atoms with E-state index in [1.807, 2.05) is 13.8 Å². The molecule has 36 heavy (non-hydrogen) atoms. The van der Waals surface area contributed by atoms with Crippen LogP contribution in [-0.4, -0.2) is 42.7 Å². The topological polar surface area (TPSA) is 132 Å². The molecule has 0 saturated heterocycles. The van der Waals surface area contributed by atoms with Crippen LogP contribution in [0.1, 0.15) is 32.8 Å². The molecule has 9 nitrogen and oxygen atoms in total. The molecule has 0 aliphatic carbocycles. The summed E-state index contributed by atoms with van der Waals surface area (Å²) >= 11 is 18.0. The first-order valence-corrected chi connectivity index (χ1v) is 12.0. The summed E-state index contributed by atoms with van der Waals surface area (Å²) in [5.41, 5.74) is 7.93. The van der Waals surface area contributed by atoms with Crippen molar-refractivity contribution in [2.45, 2.75) is 39.3 Å². The van der Waals surface area contributed by atoms with E-state index in [9.17, 15) is 14.4 Å². The molecule has 0 spiro atoms. The molecule has 0 fully saturated rings. The average molecular weight is 558 g/mol. The predicted octanol–water partition coefficient (Wildman–Crippen LogP) is 3.96. The standard InChI is InChI=1S/C24H27Cl3N4O5/c1-13(2)8-19(30-23(33)14(3)36-21-7-5-17(26)10-18(21)27)24(34)31-29-11-15-9-16(25)4-6-20(15)35-12-22(28)32/h4-7,9-11,13-14,19H,8,12H2,1-3H3,(H2,28,32)(H,30,33)(H,31,34)/b29-11-/t14-,19-/m1/s1. The van der Waals surface area contributed by atoms with E-state index in [1.165, 1.54) is 19.2 Å². The van der Waals surface area contributed by atoms with Crippen molar-refractivity contribution < 1.29 is 23.9 Å². The summed E-state index contributed by atoms with van der Waals surface area (Å²) < 4.78 is 11.0. The van der Waals surface area contributed by atoms with E-state index < -0.39 is 29.9 Å². The number of nitrogens with two attached hydrogens (primary N) is 1. The van der Waals surface area contributed by atoms with Gasteiger partial charge in [0.1, 0.15) is 17.5 Å². The van der Waals surface area contributed by atoms with Gasteiger partial charge in [0.05, 0.1) is 11.2 Å². The van der Waals surface area contributed by atoms with Gasteiger partial charge in [0.2, 0.25) is 0 Å². The fourth-order valence-corrected chi connectivity index (χ4v) is 3.58. The number of hydrogen-bond acceptors (Lipinski definition) is 6. The number of benzene rings is 2. The van der Waals surface area contributed by atoms with Gasteiger partial charge in [0.15, 0.2) is 12.7 Å². The Morgan fingerprint density at radius 3 is 2.25 bits per heavy atom. The number of primary amides is 1. The van der Waals surface area contributed by atoms with E-state index in [0.29, 0.717) is 27.8 Å². The monoisotopic (exact) mass is 556 g/mol. The SMILES string of the molecule is CC(C)C[C@@H](NC(=O)[C@@H](C)Oc1ccc(Cl)cc1Cl)C(=O)N/N=C\c1cc(Cl)ccc1OCC(N)=O. The number of carbonyl (C=O) groups is 3. The summed E-state index contributed by atoms with van der Waals surface area (Å²) in [6.45, 7) is 5.03. The summed E-state index contributed by atoms with van der Waals surface area (Å²) in [5.74, 6) is -1.02. The van der Waals surface area contributed by atoms with E-state index >= 15 is 0 Å². The fraction of sp³-hybridized carbons (Fsp3) is 0.333. The van der Waals surface area contributed by atoms with E-state index in [2.05, 4.69) is 15.8 Å². The van der Waals surface area contributed by atoms with Crippen LogP contribution in [0.4, 0.5) is 0 Å². The third-order valence-electron chi connectivity index (χ3n) is 4.63. The van der Waals surface area contributed by atoms with Gasteiger partial charge < -0.3 is 20.5 Å². The van der Waals surface area contributed by atoms with Gasteiger partial charge in [-0.25, -0.2) is 5.43 Å². The number of nitrogens with zero attached hydrogens (tertiary/aromatic N) is 1. The molecule has 0 aliphatic heterocycles. The Bertz CT molecular complexity index is 1130. The second-order valence-corrected chi connectivity index (χ2v) is 9.48. The molecule has 12 heteroatoms. The lowest BCUT2D eigenvalue weighted by atomic mass is 10.0. The summed E-state index contributed by atoms with van der Waals surface area (Å²) in [6.07, 6.45) is 0.722. The average Bonchev–Trinajstić information content (AvgIpc) is 2.79. The maximum absolute atomic E-state index is 12.8. The zero-order valence-electron chi connectivity index (χ0n) is 19.9. The Labute approximate surface area is 224 Å². The predicted molar refractivity (Wildman–Crippen MR) is 140 cm³/mol. The molecule has 3 amide bonds. The van der Waals surface area contributed by atoms with Gasteiger partial charge >= 0.3 is 0 Å². The van der Waals surface area contributed by atoms with Gasteiger partial charge in [-0.1, -0.05) is 48.7 Å². The van der Waals surface area contributed by atoms with Crippen LogP contribution in [0.15, 0.2) is 41.5 Å². The number of nitrogens with one attached hydrogen (secondary N) is 2. The van der Waals surface area contributed by atoms with Crippen molar-refractivity contribution in [1.82, 2.24) is 10.7 Å². The molecular formula is C24H27Cl3N4O5. The van der Waals surface area contributed by atoms with Crippen molar-refractivity contribution in [1.29, 1.82) is 0 Å². The first-order valence-electron chi connectivity index (χ1n) is 10.9. The third kappa shape index (κ3) is 9.56. The van der Waals surface area contributed by atoms with Gasteiger partial charge in [0.25, 0.3) is 17.7 Å². The van der Waals surface area contributed by atoms with Crippen molar-refractivity contribution in [2.75, 3.05) is 6.61 Å². The van der Waals surface area contributed by atoms with Crippen molar-refractivity contribution in [3.8, 4) is 11.5 Å². The minimum absolute atomic E-state index is 0.0914. The van der Waals surface area contributed by atoms with Gasteiger partial charge in [-0.3, -0.25) is 14.4 Å². The number of halogens is 3. The van der Waals surface area contributed by atoms with Crippen LogP contribution in [0.2, 0.25) is 15.1 Å². The van der Waals surface area contributed by atoms with E-state index in [0.717, 1.165) is 0 Å². The number of amides is 3. The normalized spacial score (nSPS) is 12.8. The quantitative estimate of drug-likeness (QED) is 0.268. The summed E-state index contributed by atoms with van der Waals surface area (Å²) in [7, 11) is 0. The third-order valence-corrected chi connectivity index (χ3v) is 5.39. The van der Waals surface area contributed by atoms with E-state index in [4.69, 9.17) is 50.0 Å². The van der Waals surface area contributed by atoms with Crippen LogP contribution in [0.3, 0.4) is 0 Å².